The molecule has 1 saturated heterocycles. The quantitative estimate of drug-likeness (QED) is 0.365. The molecule has 7 nitrogen and oxygen atoms in total. The van der Waals surface area contributed by atoms with E-state index in [9.17, 15) is 14.4 Å². The molecule has 34 heavy (non-hydrogen) atoms. The number of nitrogens with zero attached hydrogens (tertiary/aromatic N) is 3. The molecular formula is C27H22N4O3. The lowest BCUT2D eigenvalue weighted by Gasteiger charge is -2.27. The summed E-state index contributed by atoms with van der Waals surface area (Å²) in [6.45, 7) is 5.53. The topological polar surface area (TPSA) is 84.3 Å². The number of nitrogens with one attached hydrogen (secondary N) is 1. The van der Waals surface area contributed by atoms with E-state index in [1.807, 2.05) is 67.1 Å². The zero-order valence-corrected chi connectivity index (χ0v) is 19.0. The van der Waals surface area contributed by atoms with Crippen LogP contribution >= 0.6 is 0 Å². The highest BCUT2D eigenvalue weighted by molar-refractivity contribution is 6.39. The Kier molecular flexibility index (Phi) is 5.09. The molecule has 0 aliphatic carbocycles. The Hall–Kier alpha value is -4.52. The van der Waals surface area contributed by atoms with Gasteiger partial charge in [0.15, 0.2) is 0 Å². The highest BCUT2D eigenvalue weighted by Gasteiger charge is 2.37. The lowest BCUT2D eigenvalue weighted by Crippen LogP contribution is -2.54. The molecule has 0 unspecified atom stereocenters. The Bertz CT molecular complexity index is 1520. The summed E-state index contributed by atoms with van der Waals surface area (Å²) in [4.78, 5) is 39.6. The summed E-state index contributed by atoms with van der Waals surface area (Å²) in [7, 11) is 0. The number of benzene rings is 3. The van der Waals surface area contributed by atoms with Crippen LogP contribution in [0.2, 0.25) is 0 Å². The average Bonchev–Trinajstić information content (AvgIpc) is 3.10. The molecule has 168 valence electrons. The van der Waals surface area contributed by atoms with Gasteiger partial charge in [0.1, 0.15) is 5.57 Å². The van der Waals surface area contributed by atoms with Crippen LogP contribution in [0.15, 0.2) is 72.3 Å². The number of hydrogen-bond donors (Lipinski definition) is 1. The highest BCUT2D eigenvalue weighted by atomic mass is 16.2. The van der Waals surface area contributed by atoms with Gasteiger partial charge in [-0.25, -0.2) is 14.4 Å². The van der Waals surface area contributed by atoms with Gasteiger partial charge in [-0.2, -0.15) is 5.10 Å². The Balaban J connectivity index is 1.62. The molecule has 0 spiro atoms. The van der Waals surface area contributed by atoms with Crippen molar-refractivity contribution in [3.05, 3.63) is 94.8 Å². The molecule has 2 heterocycles. The van der Waals surface area contributed by atoms with E-state index in [0.717, 1.165) is 32.6 Å². The minimum atomic E-state index is -0.763. The van der Waals surface area contributed by atoms with Gasteiger partial charge < -0.3 is 0 Å². The van der Waals surface area contributed by atoms with Crippen molar-refractivity contribution < 1.29 is 14.4 Å². The second-order valence-corrected chi connectivity index (χ2v) is 8.24. The molecule has 1 fully saturated rings. The van der Waals surface area contributed by atoms with E-state index in [1.165, 1.54) is 6.08 Å². The Morgan fingerprint density at radius 2 is 1.50 bits per heavy atom. The van der Waals surface area contributed by atoms with Crippen molar-refractivity contribution in [2.75, 3.05) is 4.90 Å². The third kappa shape index (κ3) is 3.38. The molecule has 1 aromatic heterocycles. The Labute approximate surface area is 196 Å². The number of rotatable bonds is 3. The van der Waals surface area contributed by atoms with E-state index in [-0.39, 0.29) is 5.57 Å². The molecule has 5 rings (SSSR count). The van der Waals surface area contributed by atoms with Crippen LogP contribution in [0, 0.1) is 20.8 Å². The predicted octanol–water partition coefficient (Wildman–Crippen LogP) is 4.62. The fourth-order valence-corrected chi connectivity index (χ4v) is 4.33. The van der Waals surface area contributed by atoms with Crippen LogP contribution in [0.1, 0.15) is 22.5 Å². The van der Waals surface area contributed by atoms with Crippen LogP contribution in [-0.4, -0.2) is 27.6 Å². The summed E-state index contributed by atoms with van der Waals surface area (Å²) in [6, 6.07) is 20.3. The van der Waals surface area contributed by atoms with Crippen LogP contribution in [0.5, 0.6) is 0 Å². The molecule has 7 heteroatoms. The van der Waals surface area contributed by atoms with Gasteiger partial charge >= 0.3 is 6.03 Å². The number of barbiturate groups is 1. The van der Waals surface area contributed by atoms with Crippen LogP contribution in [-0.2, 0) is 9.59 Å². The van der Waals surface area contributed by atoms with Crippen molar-refractivity contribution in [2.24, 2.45) is 0 Å². The fraction of sp³-hybridized carbons (Fsp3) is 0.111. The van der Waals surface area contributed by atoms with Crippen molar-refractivity contribution in [1.82, 2.24) is 15.1 Å². The number of aryl methyl sites for hydroxylation is 2. The number of para-hydroxylation sites is 1. The first-order valence-electron chi connectivity index (χ1n) is 10.9. The fourth-order valence-electron chi connectivity index (χ4n) is 4.33. The third-order valence-electron chi connectivity index (χ3n) is 6.09. The summed E-state index contributed by atoms with van der Waals surface area (Å²) in [6.07, 6.45) is 1.52. The minimum Gasteiger partial charge on any atom is -0.273 e. The molecule has 0 saturated carbocycles. The highest BCUT2D eigenvalue weighted by Crippen LogP contribution is 2.28. The van der Waals surface area contributed by atoms with Crippen molar-refractivity contribution in [3.8, 4) is 5.69 Å². The van der Waals surface area contributed by atoms with E-state index in [1.54, 1.807) is 25.1 Å². The van der Waals surface area contributed by atoms with Crippen molar-refractivity contribution in [2.45, 2.75) is 20.8 Å². The Morgan fingerprint density at radius 1 is 0.824 bits per heavy atom. The summed E-state index contributed by atoms with van der Waals surface area (Å²) in [5, 5.41) is 9.11. The van der Waals surface area contributed by atoms with Gasteiger partial charge in [-0.05, 0) is 49.9 Å². The Morgan fingerprint density at radius 3 is 2.29 bits per heavy atom. The number of urea groups is 1. The number of amides is 4. The standard InChI is InChI=1S/C27H22N4O3/c1-16-9-4-7-13-23(16)30-26(33)22(25(32)28-27(30)34)15-21-17(2)29-31(18(21)3)24-14-8-11-19-10-5-6-12-20(19)24/h4-15H,1-3H3,(H,28,32,34)/b22-15+. The van der Waals surface area contributed by atoms with Crippen molar-refractivity contribution in [1.29, 1.82) is 0 Å². The molecule has 0 bridgehead atoms. The maximum Gasteiger partial charge on any atom is 0.335 e. The van der Waals surface area contributed by atoms with Crippen molar-refractivity contribution in [3.63, 3.8) is 0 Å². The first-order chi connectivity index (χ1) is 16.4. The van der Waals surface area contributed by atoms with Gasteiger partial charge in [0.05, 0.1) is 17.1 Å². The molecule has 1 aliphatic heterocycles. The molecule has 0 radical (unpaired) electrons. The molecule has 3 aromatic carbocycles. The number of imide groups is 2. The van der Waals surface area contributed by atoms with E-state index in [2.05, 4.69) is 5.32 Å². The van der Waals surface area contributed by atoms with Crippen LogP contribution in [0.25, 0.3) is 22.5 Å². The zero-order chi connectivity index (χ0) is 24.0. The van der Waals surface area contributed by atoms with E-state index >= 15 is 0 Å². The maximum absolute atomic E-state index is 13.3. The van der Waals surface area contributed by atoms with Gasteiger partial charge in [0.25, 0.3) is 11.8 Å². The number of aromatic nitrogens is 2. The summed E-state index contributed by atoms with van der Waals surface area (Å²) < 4.78 is 1.82. The van der Waals surface area contributed by atoms with E-state index < -0.39 is 17.8 Å². The number of hydrogen-bond acceptors (Lipinski definition) is 4. The largest absolute Gasteiger partial charge is 0.335 e. The lowest BCUT2D eigenvalue weighted by molar-refractivity contribution is -0.122. The molecule has 4 aromatic rings. The molecular weight excluding hydrogens is 428 g/mol. The monoisotopic (exact) mass is 450 g/mol. The predicted molar refractivity (Wildman–Crippen MR) is 131 cm³/mol. The molecule has 1 aliphatic rings. The second-order valence-electron chi connectivity index (χ2n) is 8.24. The number of fused-ring (bicyclic) bond motifs is 1. The average molecular weight is 450 g/mol. The second kappa shape index (κ2) is 8.12. The minimum absolute atomic E-state index is 0.119. The van der Waals surface area contributed by atoms with Gasteiger partial charge in [0.2, 0.25) is 0 Å². The number of carbonyl (C=O) groups is 3. The first kappa shape index (κ1) is 21.3. The van der Waals surface area contributed by atoms with Crippen LogP contribution in [0.3, 0.4) is 0 Å². The maximum atomic E-state index is 13.3. The van der Waals surface area contributed by atoms with E-state index in [0.29, 0.717) is 16.9 Å². The van der Waals surface area contributed by atoms with E-state index in [4.69, 9.17) is 5.10 Å². The molecule has 0 atom stereocenters. The lowest BCUT2D eigenvalue weighted by atomic mass is 10.0. The van der Waals surface area contributed by atoms with Gasteiger partial charge in [-0.1, -0.05) is 54.6 Å². The summed E-state index contributed by atoms with van der Waals surface area (Å²) in [5.74, 6) is -1.39. The third-order valence-corrected chi connectivity index (χ3v) is 6.09. The zero-order valence-electron chi connectivity index (χ0n) is 19.0. The van der Waals surface area contributed by atoms with Gasteiger partial charge in [-0.15, -0.1) is 0 Å². The van der Waals surface area contributed by atoms with Crippen molar-refractivity contribution >= 4 is 40.4 Å². The smallest absolute Gasteiger partial charge is 0.273 e. The molecule has 1 N–H and O–H groups in total. The van der Waals surface area contributed by atoms with Crippen LogP contribution in [0.4, 0.5) is 10.5 Å². The summed E-state index contributed by atoms with van der Waals surface area (Å²) in [5.41, 5.74) is 4.06. The number of anilines is 1. The SMILES string of the molecule is Cc1ccccc1N1C(=O)NC(=O)/C(=C\c2c(C)nn(-c3cccc4ccccc34)c2C)C1=O. The van der Waals surface area contributed by atoms with Gasteiger partial charge in [0, 0.05) is 16.6 Å². The summed E-state index contributed by atoms with van der Waals surface area (Å²) >= 11 is 0. The number of carbonyl (C=O) groups excluding carboxylic acids is 3. The van der Waals surface area contributed by atoms with Gasteiger partial charge in [-0.3, -0.25) is 14.9 Å². The first-order valence-corrected chi connectivity index (χ1v) is 10.9. The normalized spacial score (nSPS) is 15.3. The molecule has 4 amide bonds. The van der Waals surface area contributed by atoms with Crippen LogP contribution < -0.4 is 10.2 Å².